The number of nitrogens with zero attached hydrogens (tertiary/aromatic N) is 2. The molecule has 0 atom stereocenters. The van der Waals surface area contributed by atoms with E-state index in [2.05, 4.69) is 17.3 Å². The molecule has 2 aromatic carbocycles. The molecule has 2 aromatic rings. The number of quaternary nitrogens is 1. The normalized spacial score (nSPS) is 14.7. The van der Waals surface area contributed by atoms with Crippen LogP contribution >= 0.6 is 0 Å². The van der Waals surface area contributed by atoms with Crippen molar-refractivity contribution in [2.45, 2.75) is 0 Å². The van der Waals surface area contributed by atoms with Gasteiger partial charge in [-0.1, -0.05) is 0 Å². The Bertz CT molecular complexity index is 830. The molecule has 1 saturated heterocycles. The van der Waals surface area contributed by atoms with E-state index in [1.54, 1.807) is 0 Å². The zero-order chi connectivity index (χ0) is 19.4. The topological polar surface area (TPSA) is 89.2 Å². The Hall–Kier alpha value is -3.13. The molecule has 3 rings (SSSR count). The molecule has 0 aliphatic carbocycles. The van der Waals surface area contributed by atoms with Crippen molar-refractivity contribution >= 4 is 23.0 Å². The highest BCUT2D eigenvalue weighted by molar-refractivity contribution is 6.04. The second-order valence-corrected chi connectivity index (χ2v) is 6.59. The van der Waals surface area contributed by atoms with Gasteiger partial charge in [-0.15, -0.1) is 0 Å². The van der Waals surface area contributed by atoms with E-state index >= 15 is 0 Å². The predicted octanol–water partition coefficient (Wildman–Crippen LogP) is 1.19. The second kappa shape index (κ2) is 8.05. The summed E-state index contributed by atoms with van der Waals surface area (Å²) in [7, 11) is 3.55. The Balaban J connectivity index is 1.69. The summed E-state index contributed by atoms with van der Waals surface area (Å²) < 4.78 is 4.96. The molecule has 1 amide bonds. The Morgan fingerprint density at radius 3 is 2.44 bits per heavy atom. The van der Waals surface area contributed by atoms with Gasteiger partial charge in [0.05, 0.1) is 45.3 Å². The molecular weight excluding hydrogens is 348 g/mol. The number of anilines is 2. The zero-order valence-electron chi connectivity index (χ0n) is 15.4. The van der Waals surface area contributed by atoms with Crippen LogP contribution in [0.15, 0.2) is 42.5 Å². The first-order valence-corrected chi connectivity index (χ1v) is 8.78. The van der Waals surface area contributed by atoms with Gasteiger partial charge in [-0.2, -0.15) is 0 Å². The third-order valence-corrected chi connectivity index (χ3v) is 4.75. The first kappa shape index (κ1) is 18.7. The van der Waals surface area contributed by atoms with Crippen molar-refractivity contribution < 1.29 is 19.4 Å². The minimum atomic E-state index is -0.567. The molecule has 8 heteroatoms. The van der Waals surface area contributed by atoms with Gasteiger partial charge in [-0.05, 0) is 36.4 Å². The fourth-order valence-electron chi connectivity index (χ4n) is 3.08. The van der Waals surface area contributed by atoms with Crippen molar-refractivity contribution in [3.8, 4) is 5.75 Å². The average molecular weight is 371 g/mol. The number of carbonyl (C=O) groups is 1. The van der Waals surface area contributed by atoms with Gasteiger partial charge in [-0.25, -0.2) is 0 Å². The zero-order valence-corrected chi connectivity index (χ0v) is 15.4. The Morgan fingerprint density at radius 1 is 1.19 bits per heavy atom. The van der Waals surface area contributed by atoms with E-state index in [0.29, 0.717) is 5.69 Å². The van der Waals surface area contributed by atoms with E-state index in [1.165, 1.54) is 30.2 Å². The number of ether oxygens (including phenoxy) is 1. The van der Waals surface area contributed by atoms with Crippen molar-refractivity contribution in [2.75, 3.05) is 50.6 Å². The fourth-order valence-corrected chi connectivity index (χ4v) is 3.08. The number of likely N-dealkylation sites (N-methyl/N-ethyl adjacent to an activating group) is 1. The summed E-state index contributed by atoms with van der Waals surface area (Å²) in [6.45, 7) is 4.23. The maximum atomic E-state index is 12.4. The summed E-state index contributed by atoms with van der Waals surface area (Å²) in [6, 6.07) is 11.8. The van der Waals surface area contributed by atoms with E-state index in [0.717, 1.165) is 31.9 Å². The molecule has 0 bridgehead atoms. The minimum Gasteiger partial charge on any atom is -0.490 e. The first-order chi connectivity index (χ1) is 13.0. The molecule has 1 heterocycles. The molecule has 0 spiro atoms. The van der Waals surface area contributed by atoms with Gasteiger partial charge in [0, 0.05) is 23.0 Å². The maximum absolute atomic E-state index is 12.4. The average Bonchev–Trinajstić information content (AvgIpc) is 2.68. The number of nitro benzene ring substituents is 1. The highest BCUT2D eigenvalue weighted by Crippen LogP contribution is 2.28. The van der Waals surface area contributed by atoms with Gasteiger partial charge in [0.2, 0.25) is 0 Å². The number of methoxy groups -OCH3 is 1. The van der Waals surface area contributed by atoms with Crippen LogP contribution in [0.4, 0.5) is 17.1 Å². The summed E-state index contributed by atoms with van der Waals surface area (Å²) in [5.74, 6) is -0.286. The number of hydrogen-bond acceptors (Lipinski definition) is 5. The number of piperazine rings is 1. The molecule has 27 heavy (non-hydrogen) atoms. The van der Waals surface area contributed by atoms with E-state index in [9.17, 15) is 14.9 Å². The van der Waals surface area contributed by atoms with Crippen LogP contribution in [-0.2, 0) is 0 Å². The molecule has 1 aliphatic heterocycles. The van der Waals surface area contributed by atoms with Crippen molar-refractivity contribution in [1.82, 2.24) is 0 Å². The van der Waals surface area contributed by atoms with Crippen LogP contribution in [0.1, 0.15) is 10.4 Å². The Kier molecular flexibility index (Phi) is 5.56. The van der Waals surface area contributed by atoms with Gasteiger partial charge >= 0.3 is 5.69 Å². The first-order valence-electron chi connectivity index (χ1n) is 8.78. The van der Waals surface area contributed by atoms with Crippen molar-refractivity contribution in [3.63, 3.8) is 0 Å². The molecule has 1 fully saturated rings. The van der Waals surface area contributed by atoms with Gasteiger partial charge in [-0.3, -0.25) is 14.9 Å². The highest BCUT2D eigenvalue weighted by Gasteiger charge is 2.19. The minimum absolute atomic E-state index is 0.120. The van der Waals surface area contributed by atoms with Crippen LogP contribution in [0.5, 0.6) is 5.75 Å². The van der Waals surface area contributed by atoms with Crippen LogP contribution in [-0.4, -0.2) is 51.2 Å². The van der Waals surface area contributed by atoms with Gasteiger partial charge in [0.25, 0.3) is 5.91 Å². The second-order valence-electron chi connectivity index (χ2n) is 6.59. The number of rotatable bonds is 5. The van der Waals surface area contributed by atoms with E-state index in [1.807, 2.05) is 24.3 Å². The lowest BCUT2D eigenvalue weighted by atomic mass is 10.1. The van der Waals surface area contributed by atoms with Crippen molar-refractivity contribution in [3.05, 3.63) is 58.1 Å². The smallest absolute Gasteiger partial charge is 0.311 e. The maximum Gasteiger partial charge on any atom is 0.311 e. The largest absolute Gasteiger partial charge is 0.490 e. The van der Waals surface area contributed by atoms with Gasteiger partial charge in [0.15, 0.2) is 5.75 Å². The lowest BCUT2D eigenvalue weighted by molar-refractivity contribution is -0.880. The SMILES string of the molecule is COc1ccc(C(=O)Nc2ccc(N3CC[NH+](C)CC3)cc2)cc1[N+](=O)[O-]. The summed E-state index contributed by atoms with van der Waals surface area (Å²) in [4.78, 5) is 26.8. The molecule has 1 aliphatic rings. The van der Waals surface area contributed by atoms with Gasteiger partial charge in [0.1, 0.15) is 0 Å². The molecule has 0 unspecified atom stereocenters. The summed E-state index contributed by atoms with van der Waals surface area (Å²) >= 11 is 0. The fraction of sp³-hybridized carbons (Fsp3) is 0.316. The van der Waals surface area contributed by atoms with Crippen LogP contribution in [0, 0.1) is 10.1 Å². The molecule has 8 nitrogen and oxygen atoms in total. The number of nitrogens with one attached hydrogen (secondary N) is 2. The van der Waals surface area contributed by atoms with Crippen LogP contribution in [0.25, 0.3) is 0 Å². The number of amides is 1. The Labute approximate surface area is 157 Å². The van der Waals surface area contributed by atoms with Crippen LogP contribution in [0.2, 0.25) is 0 Å². The third kappa shape index (κ3) is 4.35. The molecule has 0 radical (unpaired) electrons. The molecule has 0 saturated carbocycles. The number of nitro groups is 1. The van der Waals surface area contributed by atoms with E-state index in [-0.39, 0.29) is 17.0 Å². The summed E-state index contributed by atoms with van der Waals surface area (Å²) in [5.41, 5.74) is 1.73. The van der Waals surface area contributed by atoms with E-state index in [4.69, 9.17) is 4.74 Å². The van der Waals surface area contributed by atoms with Crippen molar-refractivity contribution in [1.29, 1.82) is 0 Å². The summed E-state index contributed by atoms with van der Waals surface area (Å²) in [5, 5.41) is 13.9. The van der Waals surface area contributed by atoms with Gasteiger partial charge < -0.3 is 19.9 Å². The third-order valence-electron chi connectivity index (χ3n) is 4.75. The molecule has 142 valence electrons. The highest BCUT2D eigenvalue weighted by atomic mass is 16.6. The molecular formula is C19H23N4O4+. The predicted molar refractivity (Wildman–Crippen MR) is 103 cm³/mol. The summed E-state index contributed by atoms with van der Waals surface area (Å²) in [6.07, 6.45) is 0. The Morgan fingerprint density at radius 2 is 1.85 bits per heavy atom. The van der Waals surface area contributed by atoms with E-state index < -0.39 is 10.8 Å². The standard InChI is InChI=1S/C19H22N4O4/c1-21-9-11-22(12-10-21)16-6-4-15(5-7-16)20-19(24)14-3-8-18(27-2)17(13-14)23(25)26/h3-8,13H,9-12H2,1-2H3,(H,20,24)/p+1. The number of benzene rings is 2. The molecule has 2 N–H and O–H groups in total. The number of carbonyl (C=O) groups excluding carboxylic acids is 1. The van der Waals surface area contributed by atoms with Crippen LogP contribution < -0.4 is 19.9 Å². The quantitative estimate of drug-likeness (QED) is 0.609. The monoisotopic (exact) mass is 371 g/mol. The number of hydrogen-bond donors (Lipinski definition) is 2. The van der Waals surface area contributed by atoms with Crippen LogP contribution in [0.3, 0.4) is 0 Å². The van der Waals surface area contributed by atoms with Crippen molar-refractivity contribution in [2.24, 2.45) is 0 Å². The molecule has 0 aromatic heterocycles. The lowest BCUT2D eigenvalue weighted by Gasteiger charge is -2.31. The lowest BCUT2D eigenvalue weighted by Crippen LogP contribution is -3.12.